The zero-order chi connectivity index (χ0) is 15.4. The average Bonchev–Trinajstić information content (AvgIpc) is 2.44. The van der Waals surface area contributed by atoms with Crippen molar-refractivity contribution in [3.63, 3.8) is 0 Å². The minimum atomic E-state index is 0.416. The normalized spacial score (nSPS) is 15.1. The van der Waals surface area contributed by atoms with Crippen molar-refractivity contribution in [1.29, 1.82) is 0 Å². The van der Waals surface area contributed by atoms with Crippen LogP contribution in [0.1, 0.15) is 27.7 Å². The Labute approximate surface area is 123 Å². The summed E-state index contributed by atoms with van der Waals surface area (Å²) in [6.07, 6.45) is 9.99. The summed E-state index contributed by atoms with van der Waals surface area (Å²) in [7, 11) is 1.93. The molecule has 0 heterocycles. The number of nitrogens with zero attached hydrogens (tertiary/aromatic N) is 1. The molecule has 0 aromatic rings. The van der Waals surface area contributed by atoms with E-state index in [9.17, 15) is 0 Å². The standard InChI is InChI=1S/C16H28N4/c1-6-9-16(13(4)20-8-3)15(7-2)14(10-18-5)11-19-12-17/h6-9,11,18-19H,10,12,17H2,1-5H3/b9-6-,14-11+,15-7-,16-13-,20-8?. The smallest absolute Gasteiger partial charge is 0.0622 e. The Hall–Kier alpha value is -1.65. The van der Waals surface area contributed by atoms with E-state index in [0.717, 1.165) is 29.0 Å². The zero-order valence-corrected chi connectivity index (χ0v) is 13.3. The zero-order valence-electron chi connectivity index (χ0n) is 13.3. The Morgan fingerprint density at radius 2 is 1.95 bits per heavy atom. The topological polar surface area (TPSA) is 62.4 Å². The first kappa shape index (κ1) is 18.4. The van der Waals surface area contributed by atoms with E-state index in [1.807, 2.05) is 53.2 Å². The molecule has 0 aliphatic rings. The highest BCUT2D eigenvalue weighted by molar-refractivity contribution is 5.59. The van der Waals surface area contributed by atoms with Crippen molar-refractivity contribution in [3.8, 4) is 0 Å². The van der Waals surface area contributed by atoms with E-state index in [1.165, 1.54) is 0 Å². The molecule has 0 rings (SSSR count). The first-order valence-electron chi connectivity index (χ1n) is 6.92. The molecule has 4 heteroatoms. The fourth-order valence-electron chi connectivity index (χ4n) is 1.95. The molecule has 0 aromatic heterocycles. The molecule has 0 aliphatic carbocycles. The monoisotopic (exact) mass is 276 g/mol. The number of hydrogen-bond donors (Lipinski definition) is 3. The van der Waals surface area contributed by atoms with Crippen molar-refractivity contribution in [2.45, 2.75) is 27.7 Å². The molecule has 4 nitrogen and oxygen atoms in total. The second-order valence-electron chi connectivity index (χ2n) is 4.20. The van der Waals surface area contributed by atoms with Crippen LogP contribution in [0.2, 0.25) is 0 Å². The Bertz CT molecular complexity index is 426. The molecule has 0 spiro atoms. The van der Waals surface area contributed by atoms with Crippen LogP contribution < -0.4 is 16.4 Å². The number of nitrogens with two attached hydrogens (primary N) is 1. The van der Waals surface area contributed by atoms with E-state index in [2.05, 4.69) is 27.8 Å². The predicted molar refractivity (Wildman–Crippen MR) is 89.6 cm³/mol. The lowest BCUT2D eigenvalue weighted by Crippen LogP contribution is -2.20. The van der Waals surface area contributed by atoms with Gasteiger partial charge in [0.25, 0.3) is 0 Å². The molecule has 20 heavy (non-hydrogen) atoms. The maximum absolute atomic E-state index is 5.51. The van der Waals surface area contributed by atoms with Crippen molar-refractivity contribution in [2.75, 3.05) is 20.3 Å². The number of likely N-dealkylation sites (N-methyl/N-ethyl adjacent to an activating group) is 1. The molecule has 0 unspecified atom stereocenters. The molecule has 112 valence electrons. The van der Waals surface area contributed by atoms with Crippen LogP contribution in [0.15, 0.2) is 51.8 Å². The molecule has 0 atom stereocenters. The Morgan fingerprint density at radius 1 is 1.25 bits per heavy atom. The van der Waals surface area contributed by atoms with Crippen LogP contribution in [0, 0.1) is 0 Å². The Balaban J connectivity index is 5.74. The summed E-state index contributed by atoms with van der Waals surface area (Å²) in [6.45, 7) is 9.16. The van der Waals surface area contributed by atoms with Crippen LogP contribution in [0.3, 0.4) is 0 Å². The van der Waals surface area contributed by atoms with E-state index in [1.54, 1.807) is 0 Å². The highest BCUT2D eigenvalue weighted by Gasteiger charge is 2.10. The molecule has 0 saturated carbocycles. The minimum absolute atomic E-state index is 0.416. The largest absolute Gasteiger partial charge is 0.378 e. The highest BCUT2D eigenvalue weighted by Crippen LogP contribution is 2.24. The number of aliphatic imine (C=N–C) groups is 1. The number of hydrogen-bond acceptors (Lipinski definition) is 4. The first-order valence-corrected chi connectivity index (χ1v) is 6.92. The van der Waals surface area contributed by atoms with Gasteiger partial charge in [-0.15, -0.1) is 0 Å². The lowest BCUT2D eigenvalue weighted by atomic mass is 9.96. The van der Waals surface area contributed by atoms with Gasteiger partial charge in [0.2, 0.25) is 0 Å². The molecule has 0 saturated heterocycles. The number of allylic oxidation sites excluding steroid dienone is 5. The van der Waals surface area contributed by atoms with Gasteiger partial charge < -0.3 is 16.4 Å². The Kier molecular flexibility index (Phi) is 10.3. The maximum atomic E-state index is 5.51. The summed E-state index contributed by atoms with van der Waals surface area (Å²) in [5, 5.41) is 6.25. The van der Waals surface area contributed by atoms with Crippen LogP contribution in [0.5, 0.6) is 0 Å². The van der Waals surface area contributed by atoms with Crippen molar-refractivity contribution < 1.29 is 0 Å². The van der Waals surface area contributed by atoms with Gasteiger partial charge in [0.15, 0.2) is 0 Å². The van der Waals surface area contributed by atoms with Gasteiger partial charge in [-0.3, -0.25) is 4.99 Å². The molecule has 0 fully saturated rings. The molecular formula is C16H28N4. The molecule has 0 amide bonds. The van der Waals surface area contributed by atoms with Crippen LogP contribution in [0.4, 0.5) is 0 Å². The van der Waals surface area contributed by atoms with Gasteiger partial charge in [0.05, 0.1) is 6.67 Å². The van der Waals surface area contributed by atoms with Crippen LogP contribution in [-0.4, -0.2) is 26.5 Å². The fourth-order valence-corrected chi connectivity index (χ4v) is 1.95. The van der Waals surface area contributed by atoms with Crippen molar-refractivity contribution in [1.82, 2.24) is 10.6 Å². The lowest BCUT2D eigenvalue weighted by molar-refractivity contribution is 0.838. The summed E-state index contributed by atoms with van der Waals surface area (Å²) in [4.78, 5) is 4.40. The van der Waals surface area contributed by atoms with Crippen LogP contribution in [0.25, 0.3) is 0 Å². The predicted octanol–water partition coefficient (Wildman–Crippen LogP) is 2.48. The fraction of sp³-hybridized carbons (Fsp3) is 0.438. The van der Waals surface area contributed by atoms with Crippen LogP contribution in [-0.2, 0) is 0 Å². The minimum Gasteiger partial charge on any atom is -0.378 e. The quantitative estimate of drug-likeness (QED) is 0.362. The van der Waals surface area contributed by atoms with Gasteiger partial charge in [-0.05, 0) is 45.9 Å². The molecule has 0 bridgehead atoms. The SMILES string of the molecule is CC=N/C(C)=C(/C=C\C)C(=C/C)\C(=C\NCN)CNC. The maximum Gasteiger partial charge on any atom is 0.0622 e. The summed E-state index contributed by atoms with van der Waals surface area (Å²) < 4.78 is 0. The molecule has 0 aromatic carbocycles. The molecule has 0 aliphatic heterocycles. The summed E-state index contributed by atoms with van der Waals surface area (Å²) in [5.74, 6) is 0. The summed E-state index contributed by atoms with van der Waals surface area (Å²) >= 11 is 0. The van der Waals surface area contributed by atoms with Crippen molar-refractivity contribution in [3.05, 3.63) is 46.8 Å². The van der Waals surface area contributed by atoms with E-state index in [0.29, 0.717) is 6.67 Å². The van der Waals surface area contributed by atoms with E-state index in [4.69, 9.17) is 5.73 Å². The van der Waals surface area contributed by atoms with E-state index >= 15 is 0 Å². The lowest BCUT2D eigenvalue weighted by Gasteiger charge is -2.15. The van der Waals surface area contributed by atoms with Crippen molar-refractivity contribution in [2.24, 2.45) is 10.7 Å². The second-order valence-corrected chi connectivity index (χ2v) is 4.20. The van der Waals surface area contributed by atoms with Gasteiger partial charge in [-0.2, -0.15) is 0 Å². The van der Waals surface area contributed by atoms with Gasteiger partial charge >= 0.3 is 0 Å². The van der Waals surface area contributed by atoms with Gasteiger partial charge in [-0.25, -0.2) is 0 Å². The number of rotatable bonds is 8. The summed E-state index contributed by atoms with van der Waals surface area (Å²) in [5.41, 5.74) is 9.93. The first-order chi connectivity index (χ1) is 9.65. The van der Waals surface area contributed by atoms with E-state index < -0.39 is 0 Å². The summed E-state index contributed by atoms with van der Waals surface area (Å²) in [6, 6.07) is 0. The van der Waals surface area contributed by atoms with Gasteiger partial charge in [0, 0.05) is 30.2 Å². The third kappa shape index (κ3) is 5.99. The second kappa shape index (κ2) is 11.2. The average molecular weight is 276 g/mol. The highest BCUT2D eigenvalue weighted by atomic mass is 14.9. The van der Waals surface area contributed by atoms with Crippen molar-refractivity contribution >= 4 is 6.21 Å². The molecular weight excluding hydrogens is 248 g/mol. The number of nitrogens with one attached hydrogen (secondary N) is 2. The Morgan fingerprint density at radius 3 is 2.40 bits per heavy atom. The molecule has 0 radical (unpaired) electrons. The van der Waals surface area contributed by atoms with Gasteiger partial charge in [-0.1, -0.05) is 18.2 Å². The third-order valence-electron chi connectivity index (χ3n) is 2.73. The van der Waals surface area contributed by atoms with E-state index in [-0.39, 0.29) is 0 Å². The molecule has 4 N–H and O–H groups in total. The van der Waals surface area contributed by atoms with Crippen LogP contribution >= 0.6 is 0 Å². The third-order valence-corrected chi connectivity index (χ3v) is 2.73. The van der Waals surface area contributed by atoms with Gasteiger partial charge in [0.1, 0.15) is 0 Å².